The summed E-state index contributed by atoms with van der Waals surface area (Å²) in [4.78, 5) is 21.2. The molecule has 0 radical (unpaired) electrons. The van der Waals surface area contributed by atoms with Crippen molar-refractivity contribution in [2.75, 3.05) is 38.0 Å². The molecular weight excluding hydrogens is 356 g/mol. The molecule has 2 rings (SSSR count). The lowest BCUT2D eigenvalue weighted by Crippen LogP contribution is -2.17. The quantitative estimate of drug-likeness (QED) is 0.684. The molecule has 0 bridgehead atoms. The first-order valence-corrected chi connectivity index (χ1v) is 8.56. The molecule has 0 aliphatic carbocycles. The van der Waals surface area contributed by atoms with Gasteiger partial charge in [0.05, 0.1) is 12.8 Å². The van der Waals surface area contributed by atoms with E-state index in [1.807, 2.05) is 13.8 Å². The third kappa shape index (κ3) is 5.31. The van der Waals surface area contributed by atoms with Gasteiger partial charge < -0.3 is 20.1 Å². The molecule has 0 aliphatic heterocycles. The van der Waals surface area contributed by atoms with Gasteiger partial charge in [0.15, 0.2) is 0 Å². The van der Waals surface area contributed by atoms with E-state index in [0.29, 0.717) is 41.3 Å². The van der Waals surface area contributed by atoms with Gasteiger partial charge in [-0.3, -0.25) is 4.79 Å². The number of carbonyl (C=O) groups is 1. The van der Waals surface area contributed by atoms with Crippen LogP contribution in [-0.2, 0) is 4.74 Å². The maximum Gasteiger partial charge on any atom is 0.274 e. The molecule has 26 heavy (non-hydrogen) atoms. The van der Waals surface area contributed by atoms with Gasteiger partial charge >= 0.3 is 0 Å². The molecule has 0 aliphatic rings. The maximum atomic E-state index is 12.6. The highest BCUT2D eigenvalue weighted by Crippen LogP contribution is 2.31. The molecule has 8 heteroatoms. The lowest BCUT2D eigenvalue weighted by molar-refractivity contribution is 0.102. The average Bonchev–Trinajstić information content (AvgIpc) is 2.61. The molecule has 0 unspecified atom stereocenters. The summed E-state index contributed by atoms with van der Waals surface area (Å²) in [6.07, 6.45) is 0.816. The van der Waals surface area contributed by atoms with E-state index in [-0.39, 0.29) is 11.6 Å². The van der Waals surface area contributed by atoms with Crippen molar-refractivity contribution < 1.29 is 14.3 Å². The van der Waals surface area contributed by atoms with Gasteiger partial charge in [-0.05, 0) is 38.0 Å². The second-order valence-electron chi connectivity index (χ2n) is 5.75. The van der Waals surface area contributed by atoms with Gasteiger partial charge in [0.25, 0.3) is 5.91 Å². The van der Waals surface area contributed by atoms with Crippen molar-refractivity contribution in [1.29, 1.82) is 0 Å². The number of ether oxygens (including phenoxy) is 2. The van der Waals surface area contributed by atoms with Crippen LogP contribution >= 0.6 is 11.6 Å². The molecule has 1 amide bonds. The van der Waals surface area contributed by atoms with Crippen molar-refractivity contribution in [3.8, 4) is 5.75 Å². The maximum absolute atomic E-state index is 12.6. The summed E-state index contributed by atoms with van der Waals surface area (Å²) in [5, 5.41) is 6.48. The molecular formula is C18H23ClN4O3. The largest absolute Gasteiger partial charge is 0.495 e. The van der Waals surface area contributed by atoms with Crippen LogP contribution in [0.1, 0.15) is 28.2 Å². The minimum Gasteiger partial charge on any atom is -0.495 e. The van der Waals surface area contributed by atoms with Crippen LogP contribution in [0.25, 0.3) is 0 Å². The molecule has 1 heterocycles. The Kier molecular flexibility index (Phi) is 7.17. The number of methoxy groups -OCH3 is 2. The highest BCUT2D eigenvalue weighted by Gasteiger charge is 2.14. The van der Waals surface area contributed by atoms with Crippen molar-refractivity contribution in [1.82, 2.24) is 9.97 Å². The zero-order chi connectivity index (χ0) is 19.1. The smallest absolute Gasteiger partial charge is 0.274 e. The summed E-state index contributed by atoms with van der Waals surface area (Å²) < 4.78 is 10.3. The van der Waals surface area contributed by atoms with Crippen LogP contribution in [0.3, 0.4) is 0 Å². The molecule has 7 nitrogen and oxygen atoms in total. The van der Waals surface area contributed by atoms with Crippen molar-refractivity contribution in [3.05, 3.63) is 40.2 Å². The summed E-state index contributed by atoms with van der Waals surface area (Å²) in [6.45, 7) is 4.96. The Labute approximate surface area is 158 Å². The van der Waals surface area contributed by atoms with E-state index in [1.54, 1.807) is 25.3 Å². The van der Waals surface area contributed by atoms with E-state index < -0.39 is 0 Å². The number of aromatic nitrogens is 2. The van der Waals surface area contributed by atoms with Crippen molar-refractivity contribution in [2.24, 2.45) is 0 Å². The topological polar surface area (TPSA) is 85.4 Å². The molecule has 0 saturated heterocycles. The monoisotopic (exact) mass is 378 g/mol. The number of nitrogens with one attached hydrogen (secondary N) is 2. The van der Waals surface area contributed by atoms with Crippen LogP contribution in [0.15, 0.2) is 18.2 Å². The number of aryl methyl sites for hydroxylation is 2. The number of halogens is 1. The Morgan fingerprint density at radius 1 is 1.19 bits per heavy atom. The average molecular weight is 379 g/mol. The first-order chi connectivity index (χ1) is 12.4. The molecule has 0 spiro atoms. The molecule has 0 saturated carbocycles. The van der Waals surface area contributed by atoms with E-state index >= 15 is 0 Å². The van der Waals surface area contributed by atoms with Crippen molar-refractivity contribution in [2.45, 2.75) is 20.3 Å². The first-order valence-electron chi connectivity index (χ1n) is 8.18. The van der Waals surface area contributed by atoms with E-state index in [2.05, 4.69) is 20.6 Å². The van der Waals surface area contributed by atoms with Gasteiger partial charge in [0.1, 0.15) is 11.4 Å². The Balaban J connectivity index is 2.17. The lowest BCUT2D eigenvalue weighted by Gasteiger charge is -2.13. The Hall–Kier alpha value is -2.38. The number of carbonyl (C=O) groups excluding carboxylic acids is 1. The van der Waals surface area contributed by atoms with Gasteiger partial charge in [0, 0.05) is 37.0 Å². The van der Waals surface area contributed by atoms with E-state index in [0.717, 1.165) is 12.0 Å². The number of hydrogen-bond donors (Lipinski definition) is 2. The summed E-state index contributed by atoms with van der Waals surface area (Å²) in [5.74, 6) is 0.540. The normalized spacial score (nSPS) is 10.5. The summed E-state index contributed by atoms with van der Waals surface area (Å²) in [6, 6.07) is 5.06. The summed E-state index contributed by atoms with van der Waals surface area (Å²) >= 11 is 6.10. The van der Waals surface area contributed by atoms with Crippen LogP contribution in [0.5, 0.6) is 5.75 Å². The number of amides is 1. The summed E-state index contributed by atoms with van der Waals surface area (Å²) in [7, 11) is 3.17. The third-order valence-corrected chi connectivity index (χ3v) is 4.03. The number of rotatable bonds is 8. The fraction of sp³-hybridized carbons (Fsp3) is 0.389. The Bertz CT molecular complexity index is 783. The number of hydrogen-bond acceptors (Lipinski definition) is 6. The van der Waals surface area contributed by atoms with E-state index in [1.165, 1.54) is 7.11 Å². The fourth-order valence-electron chi connectivity index (χ4n) is 2.30. The predicted molar refractivity (Wildman–Crippen MR) is 102 cm³/mol. The van der Waals surface area contributed by atoms with Crippen molar-refractivity contribution in [3.63, 3.8) is 0 Å². The summed E-state index contributed by atoms with van der Waals surface area (Å²) in [5.41, 5.74) is 2.33. The van der Waals surface area contributed by atoms with Gasteiger partial charge in [-0.2, -0.15) is 0 Å². The Morgan fingerprint density at radius 3 is 2.65 bits per heavy atom. The standard InChI is InChI=1S/C18H23ClN4O3/c1-11-8-14(16(26-4)10-13(11)19)22-17(24)15-9-12(2)21-18(23-15)20-6-5-7-25-3/h8-10H,5-7H2,1-4H3,(H,22,24)(H,20,21,23). The van der Waals surface area contributed by atoms with E-state index in [9.17, 15) is 4.79 Å². The van der Waals surface area contributed by atoms with Gasteiger partial charge in [-0.25, -0.2) is 9.97 Å². The van der Waals surface area contributed by atoms with Crippen LogP contribution in [0.2, 0.25) is 5.02 Å². The van der Waals surface area contributed by atoms with Crippen molar-refractivity contribution >= 4 is 29.1 Å². The number of anilines is 2. The lowest BCUT2D eigenvalue weighted by atomic mass is 10.2. The first kappa shape index (κ1) is 19.9. The second kappa shape index (κ2) is 9.35. The fourth-order valence-corrected chi connectivity index (χ4v) is 2.45. The van der Waals surface area contributed by atoms with Crippen LogP contribution in [-0.4, -0.2) is 43.2 Å². The molecule has 140 valence electrons. The second-order valence-corrected chi connectivity index (χ2v) is 6.15. The van der Waals surface area contributed by atoms with Crippen LogP contribution in [0, 0.1) is 13.8 Å². The highest BCUT2D eigenvalue weighted by atomic mass is 35.5. The number of nitrogens with zero attached hydrogens (tertiary/aromatic N) is 2. The minimum absolute atomic E-state index is 0.265. The molecule has 2 N–H and O–H groups in total. The van der Waals surface area contributed by atoms with Gasteiger partial charge in [0.2, 0.25) is 5.95 Å². The Morgan fingerprint density at radius 2 is 1.96 bits per heavy atom. The molecule has 0 atom stereocenters. The minimum atomic E-state index is -0.351. The third-order valence-electron chi connectivity index (χ3n) is 3.62. The van der Waals surface area contributed by atoms with E-state index in [4.69, 9.17) is 21.1 Å². The van der Waals surface area contributed by atoms with Gasteiger partial charge in [-0.1, -0.05) is 11.6 Å². The SMILES string of the molecule is COCCCNc1nc(C)cc(C(=O)Nc2cc(C)c(Cl)cc2OC)n1. The molecule has 2 aromatic rings. The van der Waals surface area contributed by atoms with Crippen LogP contribution in [0.4, 0.5) is 11.6 Å². The molecule has 0 fully saturated rings. The zero-order valence-electron chi connectivity index (χ0n) is 15.4. The predicted octanol–water partition coefficient (Wildman–Crippen LogP) is 3.46. The zero-order valence-corrected chi connectivity index (χ0v) is 16.1. The highest BCUT2D eigenvalue weighted by molar-refractivity contribution is 6.31. The number of benzene rings is 1. The van der Waals surface area contributed by atoms with Crippen LogP contribution < -0.4 is 15.4 Å². The molecule has 1 aromatic heterocycles. The van der Waals surface area contributed by atoms with Gasteiger partial charge in [-0.15, -0.1) is 0 Å². The molecule has 1 aromatic carbocycles.